The van der Waals surface area contributed by atoms with Crippen LogP contribution in [0.2, 0.25) is 0 Å². The van der Waals surface area contributed by atoms with Gasteiger partial charge >= 0.3 is 0 Å². The predicted molar refractivity (Wildman–Crippen MR) is 128 cm³/mol. The third kappa shape index (κ3) is 5.73. The molecule has 178 valence electrons. The predicted octanol–water partition coefficient (Wildman–Crippen LogP) is 4.98. The zero-order chi connectivity index (χ0) is 24.1. The van der Waals surface area contributed by atoms with Crippen molar-refractivity contribution in [3.05, 3.63) is 65.0 Å². The van der Waals surface area contributed by atoms with Gasteiger partial charge in [-0.1, -0.05) is 32.0 Å². The molecule has 5 nitrogen and oxygen atoms in total. The van der Waals surface area contributed by atoms with E-state index < -0.39 is 12.1 Å². The third-order valence-electron chi connectivity index (χ3n) is 6.15. The summed E-state index contributed by atoms with van der Waals surface area (Å²) in [7, 11) is 0. The van der Waals surface area contributed by atoms with E-state index in [1.54, 1.807) is 17.9 Å². The average Bonchev–Trinajstić information content (AvgIpc) is 2.78. The van der Waals surface area contributed by atoms with Crippen LogP contribution >= 0.6 is 0 Å². The second-order valence-electron chi connectivity index (χ2n) is 9.02. The number of ether oxygens (including phenoxy) is 1. The van der Waals surface area contributed by atoms with Crippen LogP contribution in [0.25, 0.3) is 0 Å². The van der Waals surface area contributed by atoms with E-state index in [9.17, 15) is 14.0 Å². The van der Waals surface area contributed by atoms with E-state index in [-0.39, 0.29) is 23.5 Å². The minimum absolute atomic E-state index is 0.0568. The number of carbonyl (C=O) groups excluding carboxylic acids is 2. The Morgan fingerprint density at radius 1 is 1.12 bits per heavy atom. The smallest absolute Gasteiger partial charge is 0.263 e. The zero-order valence-electron chi connectivity index (χ0n) is 20.3. The fourth-order valence-corrected chi connectivity index (χ4v) is 4.48. The van der Waals surface area contributed by atoms with E-state index in [1.165, 1.54) is 12.1 Å². The lowest BCUT2D eigenvalue weighted by molar-refractivity contribution is -0.137. The summed E-state index contributed by atoms with van der Waals surface area (Å²) in [5.41, 5.74) is 2.76. The average molecular weight is 455 g/mol. The Labute approximate surface area is 196 Å². The quantitative estimate of drug-likeness (QED) is 0.565. The molecule has 0 aromatic heterocycles. The molecule has 0 unspecified atom stereocenters. The number of benzene rings is 2. The Bertz CT molecular complexity index is 987. The number of halogens is 1. The summed E-state index contributed by atoms with van der Waals surface area (Å²) in [6.45, 7) is 11.5. The molecule has 0 radical (unpaired) electrons. The second-order valence-corrected chi connectivity index (χ2v) is 9.02. The van der Waals surface area contributed by atoms with Gasteiger partial charge in [-0.2, -0.15) is 0 Å². The number of amides is 2. The summed E-state index contributed by atoms with van der Waals surface area (Å²) in [4.78, 5) is 29.4. The van der Waals surface area contributed by atoms with Crippen LogP contribution in [0.15, 0.2) is 42.5 Å². The largest absolute Gasteiger partial charge is 0.481 e. The van der Waals surface area contributed by atoms with Crippen LogP contribution in [-0.4, -0.2) is 47.4 Å². The maximum atomic E-state index is 14.1. The number of nitrogens with zero attached hydrogens (tertiary/aromatic N) is 2. The van der Waals surface area contributed by atoms with Gasteiger partial charge in [-0.3, -0.25) is 9.59 Å². The van der Waals surface area contributed by atoms with E-state index in [1.807, 2.05) is 56.9 Å². The highest BCUT2D eigenvalue weighted by molar-refractivity contribution is 5.81. The molecule has 2 aromatic carbocycles. The topological polar surface area (TPSA) is 49.9 Å². The number of likely N-dealkylation sites (N-methyl/N-ethyl adjacent to an activating group) is 1. The molecule has 1 heterocycles. The molecule has 0 saturated heterocycles. The van der Waals surface area contributed by atoms with E-state index in [0.717, 1.165) is 23.1 Å². The van der Waals surface area contributed by atoms with Gasteiger partial charge in [-0.15, -0.1) is 0 Å². The van der Waals surface area contributed by atoms with Crippen molar-refractivity contribution in [2.75, 3.05) is 19.6 Å². The lowest BCUT2D eigenvalue weighted by Crippen LogP contribution is -2.41. The number of carbonyl (C=O) groups is 2. The molecule has 0 aliphatic carbocycles. The number of rotatable bonds is 8. The summed E-state index contributed by atoms with van der Waals surface area (Å²) in [6.07, 6.45) is 0.532. The Hall–Kier alpha value is -2.89. The lowest BCUT2D eigenvalue weighted by Gasteiger charge is -2.38. The molecule has 2 aromatic rings. The third-order valence-corrected chi connectivity index (χ3v) is 6.15. The molecule has 0 bridgehead atoms. The molecule has 2 atom stereocenters. The Balaban J connectivity index is 1.97. The Morgan fingerprint density at radius 3 is 2.48 bits per heavy atom. The minimum Gasteiger partial charge on any atom is -0.481 e. The molecular formula is C27H35FN2O3. The van der Waals surface area contributed by atoms with Crippen molar-refractivity contribution in [1.29, 1.82) is 0 Å². The van der Waals surface area contributed by atoms with Gasteiger partial charge in [0, 0.05) is 26.1 Å². The summed E-state index contributed by atoms with van der Waals surface area (Å²) in [6, 6.07) is 11.8. The van der Waals surface area contributed by atoms with Crippen LogP contribution in [0.1, 0.15) is 63.8 Å². The molecular weight excluding hydrogens is 419 g/mol. The van der Waals surface area contributed by atoms with Gasteiger partial charge in [-0.05, 0) is 74.1 Å². The van der Waals surface area contributed by atoms with Crippen LogP contribution in [0.3, 0.4) is 0 Å². The van der Waals surface area contributed by atoms with Crippen molar-refractivity contribution in [3.63, 3.8) is 0 Å². The van der Waals surface area contributed by atoms with Gasteiger partial charge < -0.3 is 14.5 Å². The van der Waals surface area contributed by atoms with E-state index in [4.69, 9.17) is 4.74 Å². The lowest BCUT2D eigenvalue weighted by atomic mass is 9.87. The maximum absolute atomic E-state index is 14.1. The number of hydrogen-bond acceptors (Lipinski definition) is 3. The van der Waals surface area contributed by atoms with Crippen molar-refractivity contribution in [3.8, 4) is 5.75 Å². The molecule has 0 N–H and O–H groups in total. The van der Waals surface area contributed by atoms with Gasteiger partial charge in [0.1, 0.15) is 11.6 Å². The van der Waals surface area contributed by atoms with Gasteiger partial charge in [0.05, 0.1) is 6.04 Å². The van der Waals surface area contributed by atoms with Gasteiger partial charge in [0.15, 0.2) is 6.10 Å². The number of hydrogen-bond donors (Lipinski definition) is 0. The van der Waals surface area contributed by atoms with Crippen molar-refractivity contribution in [2.45, 2.75) is 59.6 Å². The summed E-state index contributed by atoms with van der Waals surface area (Å²) in [5.74, 6) is 0.464. The first-order valence-electron chi connectivity index (χ1n) is 11.9. The van der Waals surface area contributed by atoms with Crippen LogP contribution in [-0.2, 0) is 16.0 Å². The highest BCUT2D eigenvalue weighted by Gasteiger charge is 2.33. The monoisotopic (exact) mass is 454 g/mol. The minimum atomic E-state index is -0.627. The van der Waals surface area contributed by atoms with Crippen molar-refractivity contribution >= 4 is 11.8 Å². The molecule has 33 heavy (non-hydrogen) atoms. The van der Waals surface area contributed by atoms with E-state index >= 15 is 0 Å². The van der Waals surface area contributed by atoms with E-state index in [2.05, 4.69) is 0 Å². The fourth-order valence-electron chi connectivity index (χ4n) is 4.48. The highest BCUT2D eigenvalue weighted by atomic mass is 19.1. The molecule has 3 rings (SSSR count). The maximum Gasteiger partial charge on any atom is 0.263 e. The van der Waals surface area contributed by atoms with Gasteiger partial charge in [-0.25, -0.2) is 4.39 Å². The Morgan fingerprint density at radius 2 is 1.85 bits per heavy atom. The molecule has 0 fully saturated rings. The van der Waals surface area contributed by atoms with Crippen LogP contribution in [0, 0.1) is 11.7 Å². The first kappa shape index (κ1) is 24.7. The SMILES string of the molecule is CCN(CC)C(=O)[C@@H](C)Oc1ccc2c(c1)[C@@H](c1cccc(F)c1)N(C(=O)CC(C)C)CC2. The van der Waals surface area contributed by atoms with Crippen LogP contribution < -0.4 is 4.74 Å². The standard InChI is InChI=1S/C27H35FN2O3/c1-6-29(7-2)27(32)19(5)33-23-12-11-20-13-14-30(25(31)15-18(3)4)26(24(20)17-23)21-9-8-10-22(28)16-21/h8-12,16-19,26H,6-7,13-15H2,1-5H3/t19-,26-/m1/s1. The summed E-state index contributed by atoms with van der Waals surface area (Å²) >= 11 is 0. The molecule has 2 amide bonds. The van der Waals surface area contributed by atoms with E-state index in [0.29, 0.717) is 31.8 Å². The molecule has 0 saturated carbocycles. The molecule has 0 spiro atoms. The van der Waals surface area contributed by atoms with Crippen LogP contribution in [0.5, 0.6) is 5.75 Å². The van der Waals surface area contributed by atoms with Crippen LogP contribution in [0.4, 0.5) is 4.39 Å². The highest BCUT2D eigenvalue weighted by Crippen LogP contribution is 2.38. The first-order valence-corrected chi connectivity index (χ1v) is 11.9. The zero-order valence-corrected chi connectivity index (χ0v) is 20.3. The Kier molecular flexibility index (Phi) is 8.11. The molecule has 1 aliphatic rings. The second kappa shape index (κ2) is 10.8. The van der Waals surface area contributed by atoms with Crippen molar-refractivity contribution < 1.29 is 18.7 Å². The summed E-state index contributed by atoms with van der Waals surface area (Å²) < 4.78 is 20.2. The molecule has 6 heteroatoms. The normalized spacial score (nSPS) is 16.3. The van der Waals surface area contributed by atoms with Crippen molar-refractivity contribution in [2.24, 2.45) is 5.92 Å². The fraction of sp³-hybridized carbons (Fsp3) is 0.481. The molecule has 1 aliphatic heterocycles. The summed E-state index contributed by atoms with van der Waals surface area (Å²) in [5, 5.41) is 0. The van der Waals surface area contributed by atoms with Gasteiger partial charge in [0.25, 0.3) is 5.91 Å². The first-order chi connectivity index (χ1) is 15.7. The number of fused-ring (bicyclic) bond motifs is 1. The van der Waals surface area contributed by atoms with Crippen molar-refractivity contribution in [1.82, 2.24) is 9.80 Å². The van der Waals surface area contributed by atoms with Gasteiger partial charge in [0.2, 0.25) is 5.91 Å².